The second-order valence-corrected chi connectivity index (χ2v) is 5.64. The van der Waals surface area contributed by atoms with Crippen molar-refractivity contribution in [1.29, 1.82) is 0 Å². The van der Waals surface area contributed by atoms with Crippen LogP contribution in [0.4, 0.5) is 5.69 Å². The first kappa shape index (κ1) is 16.3. The summed E-state index contributed by atoms with van der Waals surface area (Å²) >= 11 is 9.10. The number of carbonyl (C=O) groups is 2. The highest BCUT2D eigenvalue weighted by molar-refractivity contribution is 9.10. The van der Waals surface area contributed by atoms with Crippen molar-refractivity contribution in [2.24, 2.45) is 0 Å². The molecule has 0 radical (unpaired) electrons. The molecule has 2 N–H and O–H groups in total. The average Bonchev–Trinajstić information content (AvgIpc) is 2.47. The molecule has 0 aliphatic rings. The van der Waals surface area contributed by atoms with Crippen LogP contribution in [0.15, 0.2) is 46.9 Å². The number of carboxylic acids is 1. The minimum Gasteiger partial charge on any atom is -0.483 e. The van der Waals surface area contributed by atoms with Crippen molar-refractivity contribution in [2.45, 2.75) is 0 Å². The predicted octanol–water partition coefficient (Wildman–Crippen LogP) is 3.82. The molecule has 0 aromatic heterocycles. The Hall–Kier alpha value is -2.05. The van der Waals surface area contributed by atoms with E-state index in [1.165, 1.54) is 18.2 Å². The summed E-state index contributed by atoms with van der Waals surface area (Å²) in [5, 5.41) is 12.0. The highest BCUT2D eigenvalue weighted by Crippen LogP contribution is 2.23. The number of carboxylic acid groups (broad SMARTS) is 1. The number of hydrogen-bond donors (Lipinski definition) is 2. The predicted molar refractivity (Wildman–Crippen MR) is 86.7 cm³/mol. The quantitative estimate of drug-likeness (QED) is 0.822. The maximum atomic E-state index is 11.8. The van der Waals surface area contributed by atoms with Crippen LogP contribution in [-0.4, -0.2) is 23.6 Å². The van der Waals surface area contributed by atoms with Gasteiger partial charge in [0.05, 0.1) is 0 Å². The summed E-state index contributed by atoms with van der Waals surface area (Å²) in [7, 11) is 0. The van der Waals surface area contributed by atoms with E-state index in [0.29, 0.717) is 10.7 Å². The summed E-state index contributed by atoms with van der Waals surface area (Å²) in [6.07, 6.45) is 0. The molecule has 2 aromatic rings. The first-order valence-electron chi connectivity index (χ1n) is 6.17. The highest BCUT2D eigenvalue weighted by Gasteiger charge is 2.13. The van der Waals surface area contributed by atoms with E-state index >= 15 is 0 Å². The Morgan fingerprint density at radius 3 is 2.50 bits per heavy atom. The molecule has 0 unspecified atom stereocenters. The van der Waals surface area contributed by atoms with Crippen LogP contribution < -0.4 is 10.1 Å². The topological polar surface area (TPSA) is 75.6 Å². The van der Waals surface area contributed by atoms with Gasteiger partial charge in [0.25, 0.3) is 5.91 Å². The molecule has 0 fully saturated rings. The van der Waals surface area contributed by atoms with E-state index in [-0.39, 0.29) is 17.9 Å². The van der Waals surface area contributed by atoms with E-state index in [0.717, 1.165) is 4.47 Å². The van der Waals surface area contributed by atoms with Gasteiger partial charge in [0.1, 0.15) is 11.3 Å². The van der Waals surface area contributed by atoms with Crippen LogP contribution in [0.25, 0.3) is 0 Å². The number of aromatic carboxylic acids is 1. The zero-order chi connectivity index (χ0) is 16.1. The van der Waals surface area contributed by atoms with Gasteiger partial charge in [-0.1, -0.05) is 27.5 Å². The fourth-order valence-electron chi connectivity index (χ4n) is 1.67. The molecule has 1 amide bonds. The molecule has 0 saturated carbocycles. The van der Waals surface area contributed by atoms with E-state index in [4.69, 9.17) is 21.4 Å². The lowest BCUT2D eigenvalue weighted by Crippen LogP contribution is -2.20. The largest absolute Gasteiger partial charge is 0.483 e. The Morgan fingerprint density at radius 1 is 1.18 bits per heavy atom. The Morgan fingerprint density at radius 2 is 1.86 bits per heavy atom. The molecule has 114 valence electrons. The molecule has 0 aliphatic carbocycles. The molecule has 0 spiro atoms. The fraction of sp³-hybridized carbons (Fsp3) is 0.0667. The number of amides is 1. The van der Waals surface area contributed by atoms with Crippen molar-refractivity contribution >= 4 is 45.1 Å². The lowest BCUT2D eigenvalue weighted by atomic mass is 10.2. The molecule has 0 heterocycles. The fourth-order valence-corrected chi connectivity index (χ4v) is 2.09. The average molecular weight is 385 g/mol. The van der Waals surface area contributed by atoms with E-state index in [2.05, 4.69) is 21.2 Å². The van der Waals surface area contributed by atoms with Crippen molar-refractivity contribution in [3.8, 4) is 5.75 Å². The minimum atomic E-state index is -1.15. The number of halogens is 2. The second kappa shape index (κ2) is 7.29. The van der Waals surface area contributed by atoms with Gasteiger partial charge < -0.3 is 15.2 Å². The summed E-state index contributed by atoms with van der Waals surface area (Å²) in [6, 6.07) is 11.2. The van der Waals surface area contributed by atoms with Crippen LogP contribution in [0.5, 0.6) is 5.75 Å². The standard InChI is InChI=1S/C15H11BrClNO4/c16-9-1-4-11(5-2-9)18-14(19)8-22-13-7-10(17)3-6-12(13)15(20)21/h1-7H,8H2,(H,18,19)(H,20,21). The van der Waals surface area contributed by atoms with E-state index in [1.54, 1.807) is 24.3 Å². The Bertz CT molecular complexity index is 703. The summed E-state index contributed by atoms with van der Waals surface area (Å²) in [5.41, 5.74) is 0.558. The van der Waals surface area contributed by atoms with Gasteiger partial charge in [-0.2, -0.15) is 0 Å². The lowest BCUT2D eigenvalue weighted by Gasteiger charge is -2.10. The third-order valence-corrected chi connectivity index (χ3v) is 3.42. The number of hydrogen-bond acceptors (Lipinski definition) is 3. The van der Waals surface area contributed by atoms with Crippen molar-refractivity contribution in [1.82, 2.24) is 0 Å². The maximum absolute atomic E-state index is 11.8. The van der Waals surface area contributed by atoms with Crippen molar-refractivity contribution in [3.05, 3.63) is 57.5 Å². The number of benzene rings is 2. The van der Waals surface area contributed by atoms with Gasteiger partial charge in [-0.05, 0) is 42.5 Å². The molecular formula is C15H11BrClNO4. The first-order valence-corrected chi connectivity index (χ1v) is 7.34. The molecule has 2 rings (SSSR count). The SMILES string of the molecule is O=C(COc1cc(Cl)ccc1C(=O)O)Nc1ccc(Br)cc1. The molecule has 0 atom stereocenters. The van der Waals surface area contributed by atoms with Gasteiger partial charge in [0.15, 0.2) is 6.61 Å². The first-order chi connectivity index (χ1) is 10.5. The Kier molecular flexibility index (Phi) is 5.41. The smallest absolute Gasteiger partial charge is 0.339 e. The van der Waals surface area contributed by atoms with Crippen LogP contribution in [-0.2, 0) is 4.79 Å². The van der Waals surface area contributed by atoms with Crippen molar-refractivity contribution < 1.29 is 19.4 Å². The molecule has 2 aromatic carbocycles. The zero-order valence-corrected chi connectivity index (χ0v) is 13.5. The van der Waals surface area contributed by atoms with E-state index < -0.39 is 11.9 Å². The number of ether oxygens (including phenoxy) is 1. The third-order valence-electron chi connectivity index (χ3n) is 2.66. The zero-order valence-electron chi connectivity index (χ0n) is 11.2. The Balaban J connectivity index is 2.00. The molecule has 5 nitrogen and oxygen atoms in total. The molecule has 0 bridgehead atoms. The van der Waals surface area contributed by atoms with Gasteiger partial charge in [0.2, 0.25) is 0 Å². The molecule has 22 heavy (non-hydrogen) atoms. The number of carbonyl (C=O) groups excluding carboxylic acids is 1. The number of nitrogens with one attached hydrogen (secondary N) is 1. The van der Waals surface area contributed by atoms with Gasteiger partial charge in [-0.15, -0.1) is 0 Å². The van der Waals surface area contributed by atoms with Gasteiger partial charge in [-0.25, -0.2) is 4.79 Å². The van der Waals surface area contributed by atoms with Crippen LogP contribution in [0, 0.1) is 0 Å². The summed E-state index contributed by atoms with van der Waals surface area (Å²) < 4.78 is 6.15. The number of rotatable bonds is 5. The normalized spacial score (nSPS) is 10.1. The summed E-state index contributed by atoms with van der Waals surface area (Å²) in [6.45, 7) is -0.323. The van der Waals surface area contributed by atoms with E-state index in [1.807, 2.05) is 0 Å². The third kappa shape index (κ3) is 4.47. The number of anilines is 1. The minimum absolute atomic E-state index is 0.0472. The van der Waals surface area contributed by atoms with Gasteiger partial charge in [0, 0.05) is 15.2 Å². The van der Waals surface area contributed by atoms with Crippen molar-refractivity contribution in [2.75, 3.05) is 11.9 Å². The van der Waals surface area contributed by atoms with Gasteiger partial charge >= 0.3 is 5.97 Å². The van der Waals surface area contributed by atoms with Crippen LogP contribution in [0.3, 0.4) is 0 Å². The molecule has 0 saturated heterocycles. The highest BCUT2D eigenvalue weighted by atomic mass is 79.9. The summed E-state index contributed by atoms with van der Waals surface area (Å²) in [5.74, 6) is -1.51. The van der Waals surface area contributed by atoms with Crippen LogP contribution in [0.1, 0.15) is 10.4 Å². The van der Waals surface area contributed by atoms with Gasteiger partial charge in [-0.3, -0.25) is 4.79 Å². The summed E-state index contributed by atoms with van der Waals surface area (Å²) in [4.78, 5) is 22.9. The Labute approximate surface area is 140 Å². The molecular weight excluding hydrogens is 374 g/mol. The van der Waals surface area contributed by atoms with E-state index in [9.17, 15) is 9.59 Å². The van der Waals surface area contributed by atoms with Crippen LogP contribution >= 0.6 is 27.5 Å². The lowest BCUT2D eigenvalue weighted by molar-refractivity contribution is -0.118. The molecule has 0 aliphatic heterocycles. The van der Waals surface area contributed by atoms with Crippen molar-refractivity contribution in [3.63, 3.8) is 0 Å². The second-order valence-electron chi connectivity index (χ2n) is 4.29. The molecule has 7 heteroatoms. The van der Waals surface area contributed by atoms with Crippen LogP contribution in [0.2, 0.25) is 5.02 Å². The monoisotopic (exact) mass is 383 g/mol. The maximum Gasteiger partial charge on any atom is 0.339 e.